The van der Waals surface area contributed by atoms with E-state index in [0.29, 0.717) is 19.6 Å². The van der Waals surface area contributed by atoms with Crippen molar-refractivity contribution in [2.45, 2.75) is 24.7 Å². The molecule has 1 aliphatic rings. The Labute approximate surface area is 155 Å². The van der Waals surface area contributed by atoms with Crippen LogP contribution < -0.4 is 5.32 Å². The summed E-state index contributed by atoms with van der Waals surface area (Å²) in [5.41, 5.74) is 2.11. The summed E-state index contributed by atoms with van der Waals surface area (Å²) in [7, 11) is 0. The van der Waals surface area contributed by atoms with E-state index in [9.17, 15) is 18.0 Å². The van der Waals surface area contributed by atoms with Gasteiger partial charge in [-0.1, -0.05) is 42.5 Å². The van der Waals surface area contributed by atoms with Crippen molar-refractivity contribution in [3.8, 4) is 0 Å². The van der Waals surface area contributed by atoms with Crippen molar-refractivity contribution in [3.63, 3.8) is 0 Å². The molecule has 144 valence electrons. The number of nitrogens with one attached hydrogen (secondary N) is 1. The Morgan fingerprint density at radius 2 is 1.74 bits per heavy atom. The number of hydrogen-bond donors (Lipinski definition) is 2. The number of nitrogens with zero attached hydrogens (tertiary/aromatic N) is 1. The van der Waals surface area contributed by atoms with Gasteiger partial charge in [0.2, 0.25) is 0 Å². The van der Waals surface area contributed by atoms with Gasteiger partial charge in [0.1, 0.15) is 0 Å². The predicted molar refractivity (Wildman–Crippen MR) is 95.7 cm³/mol. The normalized spacial score (nSPS) is 20.7. The zero-order valence-electron chi connectivity index (χ0n) is 14.6. The van der Waals surface area contributed by atoms with Crippen LogP contribution in [0.2, 0.25) is 0 Å². The molecule has 1 saturated heterocycles. The summed E-state index contributed by atoms with van der Waals surface area (Å²) in [6.45, 7) is 0.209. The van der Waals surface area contributed by atoms with Gasteiger partial charge in [0, 0.05) is 31.6 Å². The number of aromatic carboxylic acids is 1. The van der Waals surface area contributed by atoms with Crippen LogP contribution in [0.25, 0.3) is 0 Å². The van der Waals surface area contributed by atoms with E-state index in [1.165, 1.54) is 17.0 Å². The molecule has 2 aromatic carbocycles. The minimum Gasteiger partial charge on any atom is -0.478 e. The molecule has 0 saturated carbocycles. The van der Waals surface area contributed by atoms with Gasteiger partial charge >= 0.3 is 12.1 Å². The molecule has 3 rings (SSSR count). The van der Waals surface area contributed by atoms with Crippen molar-refractivity contribution in [1.29, 1.82) is 0 Å². The Balaban J connectivity index is 1.69. The van der Waals surface area contributed by atoms with Crippen LogP contribution in [0.5, 0.6) is 0 Å². The fraction of sp³-hybridized carbons (Fsp3) is 0.350. The molecule has 0 amide bonds. The number of hydrogen-bond acceptors (Lipinski definition) is 3. The Bertz CT molecular complexity index is 763. The van der Waals surface area contributed by atoms with E-state index in [2.05, 4.69) is 5.32 Å². The van der Waals surface area contributed by atoms with E-state index in [4.69, 9.17) is 5.11 Å². The highest BCUT2D eigenvalue weighted by Gasteiger charge is 2.39. The van der Waals surface area contributed by atoms with Gasteiger partial charge in [0.15, 0.2) is 0 Å². The maximum atomic E-state index is 12.8. The zero-order chi connectivity index (χ0) is 19.4. The molecule has 7 heteroatoms. The lowest BCUT2D eigenvalue weighted by Crippen LogP contribution is -2.37. The van der Waals surface area contributed by atoms with Crippen molar-refractivity contribution in [2.75, 3.05) is 19.6 Å². The molecular formula is C20H21F3N2O2. The van der Waals surface area contributed by atoms with Gasteiger partial charge in [-0.3, -0.25) is 4.90 Å². The minimum absolute atomic E-state index is 0.0353. The topological polar surface area (TPSA) is 52.6 Å². The summed E-state index contributed by atoms with van der Waals surface area (Å²) in [6, 6.07) is 15.9. The van der Waals surface area contributed by atoms with Crippen molar-refractivity contribution >= 4 is 5.97 Å². The lowest BCUT2D eigenvalue weighted by atomic mass is 9.94. The third kappa shape index (κ3) is 5.30. The summed E-state index contributed by atoms with van der Waals surface area (Å²) in [4.78, 5) is 12.3. The molecule has 0 bridgehead atoms. The van der Waals surface area contributed by atoms with Crippen LogP contribution in [0, 0.1) is 0 Å². The van der Waals surface area contributed by atoms with Crippen molar-refractivity contribution in [3.05, 3.63) is 71.3 Å². The molecule has 0 radical (unpaired) electrons. The summed E-state index contributed by atoms with van der Waals surface area (Å²) in [5.74, 6) is -1.02. The highest BCUT2D eigenvalue weighted by atomic mass is 19.4. The molecule has 2 aromatic rings. The first-order valence-corrected chi connectivity index (χ1v) is 8.71. The van der Waals surface area contributed by atoms with E-state index in [1.54, 1.807) is 12.1 Å². The van der Waals surface area contributed by atoms with Crippen LogP contribution in [0.4, 0.5) is 13.2 Å². The second-order valence-corrected chi connectivity index (χ2v) is 6.82. The van der Waals surface area contributed by atoms with Crippen LogP contribution in [0.3, 0.4) is 0 Å². The summed E-state index contributed by atoms with van der Waals surface area (Å²) >= 11 is 0. The van der Waals surface area contributed by atoms with Crippen LogP contribution in [0.1, 0.15) is 27.4 Å². The number of likely N-dealkylation sites (tertiary alicyclic amines) is 1. The predicted octanol–water partition coefficient (Wildman–Crippen LogP) is 3.50. The number of alkyl halides is 3. The first kappa shape index (κ1) is 19.4. The summed E-state index contributed by atoms with van der Waals surface area (Å²) in [5, 5.41) is 12.3. The van der Waals surface area contributed by atoms with Gasteiger partial charge in [0.05, 0.1) is 12.1 Å². The molecular weight excluding hydrogens is 357 g/mol. The van der Waals surface area contributed by atoms with Crippen molar-refractivity contribution in [1.82, 2.24) is 10.2 Å². The second-order valence-electron chi connectivity index (χ2n) is 6.82. The van der Waals surface area contributed by atoms with Gasteiger partial charge in [-0.05, 0) is 23.3 Å². The second kappa shape index (κ2) is 8.10. The van der Waals surface area contributed by atoms with E-state index in [-0.39, 0.29) is 17.5 Å². The quantitative estimate of drug-likeness (QED) is 0.808. The highest BCUT2D eigenvalue weighted by molar-refractivity contribution is 5.87. The molecule has 1 fully saturated rings. The Kier molecular flexibility index (Phi) is 5.82. The highest BCUT2D eigenvalue weighted by Crippen LogP contribution is 2.30. The lowest BCUT2D eigenvalue weighted by Gasteiger charge is -2.20. The van der Waals surface area contributed by atoms with Gasteiger partial charge in [-0.25, -0.2) is 4.79 Å². The molecule has 2 N–H and O–H groups in total. The van der Waals surface area contributed by atoms with Crippen LogP contribution in [-0.2, 0) is 6.54 Å². The fourth-order valence-electron chi connectivity index (χ4n) is 3.53. The Morgan fingerprint density at radius 3 is 2.33 bits per heavy atom. The van der Waals surface area contributed by atoms with Gasteiger partial charge in [-0.15, -0.1) is 0 Å². The molecule has 1 heterocycles. The zero-order valence-corrected chi connectivity index (χ0v) is 14.6. The van der Waals surface area contributed by atoms with Gasteiger partial charge in [0.25, 0.3) is 0 Å². The van der Waals surface area contributed by atoms with Crippen LogP contribution in [-0.4, -0.2) is 47.8 Å². The monoisotopic (exact) mass is 378 g/mol. The van der Waals surface area contributed by atoms with Crippen LogP contribution >= 0.6 is 0 Å². The number of carbonyl (C=O) groups is 1. The maximum absolute atomic E-state index is 12.8. The number of carboxylic acids is 1. The van der Waals surface area contributed by atoms with E-state index in [1.807, 2.05) is 30.3 Å². The van der Waals surface area contributed by atoms with Gasteiger partial charge in [-0.2, -0.15) is 13.2 Å². The molecule has 4 nitrogen and oxygen atoms in total. The van der Waals surface area contributed by atoms with Crippen LogP contribution in [0.15, 0.2) is 54.6 Å². The number of benzene rings is 2. The van der Waals surface area contributed by atoms with E-state index >= 15 is 0 Å². The average molecular weight is 378 g/mol. The Morgan fingerprint density at radius 1 is 1.07 bits per heavy atom. The van der Waals surface area contributed by atoms with Gasteiger partial charge < -0.3 is 10.4 Å². The van der Waals surface area contributed by atoms with E-state index in [0.717, 1.165) is 11.1 Å². The SMILES string of the molecule is O=C(O)c1ccc(CN[C@@H]2CN(CC(F)(F)F)C[C@H]2c2ccccc2)cc1. The first-order chi connectivity index (χ1) is 12.8. The molecule has 0 aliphatic carbocycles. The van der Waals surface area contributed by atoms with E-state index < -0.39 is 18.7 Å². The average Bonchev–Trinajstić information content (AvgIpc) is 3.02. The third-order valence-electron chi connectivity index (χ3n) is 4.80. The standard InChI is InChI=1S/C20H21F3N2O2/c21-20(22,23)13-25-11-17(15-4-2-1-3-5-15)18(12-25)24-10-14-6-8-16(9-7-14)19(26)27/h1-9,17-18,24H,10-13H2,(H,26,27)/t17-,18+/m0/s1. The summed E-state index contributed by atoms with van der Waals surface area (Å²) in [6.07, 6.45) is -4.22. The number of rotatable bonds is 6. The molecule has 1 aliphatic heterocycles. The fourth-order valence-corrected chi connectivity index (χ4v) is 3.53. The third-order valence-corrected chi connectivity index (χ3v) is 4.80. The first-order valence-electron chi connectivity index (χ1n) is 8.71. The lowest BCUT2D eigenvalue weighted by molar-refractivity contribution is -0.143. The number of halogens is 3. The largest absolute Gasteiger partial charge is 0.478 e. The molecule has 0 aromatic heterocycles. The minimum atomic E-state index is -4.22. The molecule has 0 spiro atoms. The van der Waals surface area contributed by atoms with Crippen molar-refractivity contribution in [2.24, 2.45) is 0 Å². The summed E-state index contributed by atoms with van der Waals surface area (Å²) < 4.78 is 38.4. The maximum Gasteiger partial charge on any atom is 0.401 e. The molecule has 2 atom stereocenters. The smallest absolute Gasteiger partial charge is 0.401 e. The van der Waals surface area contributed by atoms with Crippen molar-refractivity contribution < 1.29 is 23.1 Å². The molecule has 0 unspecified atom stereocenters. The number of carboxylic acid groups (broad SMARTS) is 1. The Hall–Kier alpha value is -2.38. The molecule has 27 heavy (non-hydrogen) atoms.